The van der Waals surface area contributed by atoms with Crippen LogP contribution in [-0.4, -0.2) is 18.7 Å². The first kappa shape index (κ1) is 18.0. The summed E-state index contributed by atoms with van der Waals surface area (Å²) in [6.07, 6.45) is 3.90. The van der Waals surface area contributed by atoms with Crippen molar-refractivity contribution in [2.45, 2.75) is 6.42 Å². The van der Waals surface area contributed by atoms with E-state index in [0.717, 1.165) is 5.56 Å². The second-order valence-electron chi connectivity index (χ2n) is 4.85. The summed E-state index contributed by atoms with van der Waals surface area (Å²) in [5, 5.41) is 4.84. The van der Waals surface area contributed by atoms with Crippen LogP contribution in [0.3, 0.4) is 0 Å². The lowest BCUT2D eigenvalue weighted by Gasteiger charge is -2.09. The summed E-state index contributed by atoms with van der Waals surface area (Å²) in [7, 11) is 0. The van der Waals surface area contributed by atoms with Crippen LogP contribution in [0.5, 0.6) is 5.75 Å². The van der Waals surface area contributed by atoms with Gasteiger partial charge >= 0.3 is 0 Å². The SMILES string of the molecule is C=CCc1ccccc1OCC(=O)NN=Cc1ccc(Cl)cc1Cl. The topological polar surface area (TPSA) is 50.7 Å². The summed E-state index contributed by atoms with van der Waals surface area (Å²) in [5.74, 6) is 0.280. The standard InChI is InChI=1S/C18H16Cl2N2O2/c1-2-5-13-6-3-4-7-17(13)24-12-18(23)22-21-11-14-8-9-15(19)10-16(14)20/h2-4,6-11H,1,5,12H2,(H,22,23). The molecule has 0 aliphatic rings. The Bertz CT molecular complexity index is 760. The summed E-state index contributed by atoms with van der Waals surface area (Å²) in [4.78, 5) is 11.8. The highest BCUT2D eigenvalue weighted by Gasteiger charge is 2.05. The normalized spacial score (nSPS) is 10.6. The molecule has 2 rings (SSSR count). The van der Waals surface area contributed by atoms with E-state index in [1.54, 1.807) is 24.3 Å². The van der Waals surface area contributed by atoms with Crippen LogP contribution >= 0.6 is 23.2 Å². The molecule has 2 aromatic carbocycles. The van der Waals surface area contributed by atoms with Gasteiger partial charge in [-0.05, 0) is 30.2 Å². The second kappa shape index (κ2) is 9.11. The highest BCUT2D eigenvalue weighted by Crippen LogP contribution is 2.19. The maximum absolute atomic E-state index is 11.8. The predicted molar refractivity (Wildman–Crippen MR) is 98.0 cm³/mol. The van der Waals surface area contributed by atoms with Crippen LogP contribution in [0.4, 0.5) is 0 Å². The first-order valence-electron chi connectivity index (χ1n) is 7.18. The van der Waals surface area contributed by atoms with Gasteiger partial charge < -0.3 is 4.74 Å². The van der Waals surface area contributed by atoms with Gasteiger partial charge in [-0.2, -0.15) is 5.10 Å². The van der Waals surface area contributed by atoms with E-state index in [4.69, 9.17) is 27.9 Å². The monoisotopic (exact) mass is 362 g/mol. The number of hydrazone groups is 1. The zero-order chi connectivity index (χ0) is 17.4. The number of allylic oxidation sites excluding steroid dienone is 1. The molecule has 0 aliphatic carbocycles. The van der Waals surface area contributed by atoms with Gasteiger partial charge in [0.05, 0.1) is 11.2 Å². The number of amides is 1. The van der Waals surface area contributed by atoms with Gasteiger partial charge in [0.15, 0.2) is 6.61 Å². The summed E-state index contributed by atoms with van der Waals surface area (Å²) < 4.78 is 5.52. The van der Waals surface area contributed by atoms with E-state index in [1.165, 1.54) is 6.21 Å². The third-order valence-electron chi connectivity index (χ3n) is 3.05. The Labute approximate surface area is 150 Å². The number of para-hydroxylation sites is 1. The number of hydrogen-bond acceptors (Lipinski definition) is 3. The van der Waals surface area contributed by atoms with Crippen LogP contribution in [0, 0.1) is 0 Å². The molecule has 1 amide bonds. The van der Waals surface area contributed by atoms with Gasteiger partial charge in [-0.25, -0.2) is 5.43 Å². The van der Waals surface area contributed by atoms with Crippen molar-refractivity contribution >= 4 is 35.3 Å². The molecule has 0 spiro atoms. The quantitative estimate of drug-likeness (QED) is 0.454. The van der Waals surface area contributed by atoms with Crippen molar-refractivity contribution in [2.75, 3.05) is 6.61 Å². The zero-order valence-corrected chi connectivity index (χ0v) is 14.3. The number of nitrogens with zero attached hydrogens (tertiary/aromatic N) is 1. The molecule has 1 N–H and O–H groups in total. The molecule has 6 heteroatoms. The summed E-state index contributed by atoms with van der Waals surface area (Å²) >= 11 is 11.8. The van der Waals surface area contributed by atoms with Gasteiger partial charge in [0, 0.05) is 10.6 Å². The number of carbonyl (C=O) groups excluding carboxylic acids is 1. The van der Waals surface area contributed by atoms with Gasteiger partial charge in [0.2, 0.25) is 0 Å². The van der Waals surface area contributed by atoms with Gasteiger partial charge in [0.1, 0.15) is 5.75 Å². The molecule has 0 radical (unpaired) electrons. The van der Waals surface area contributed by atoms with Crippen LogP contribution < -0.4 is 10.2 Å². The van der Waals surface area contributed by atoms with E-state index < -0.39 is 0 Å². The van der Waals surface area contributed by atoms with Crippen molar-refractivity contribution in [3.05, 3.63) is 76.3 Å². The summed E-state index contributed by atoms with van der Waals surface area (Å²) in [6, 6.07) is 12.5. The van der Waals surface area contributed by atoms with E-state index in [2.05, 4.69) is 17.1 Å². The van der Waals surface area contributed by atoms with E-state index in [-0.39, 0.29) is 12.5 Å². The minimum Gasteiger partial charge on any atom is -0.483 e. The Morgan fingerprint density at radius 3 is 2.79 bits per heavy atom. The molecule has 0 heterocycles. The molecular formula is C18H16Cl2N2O2. The van der Waals surface area contributed by atoms with Gasteiger partial charge in [-0.15, -0.1) is 6.58 Å². The number of hydrogen-bond donors (Lipinski definition) is 1. The number of halogens is 2. The number of ether oxygens (including phenoxy) is 1. The molecule has 0 unspecified atom stereocenters. The molecule has 2 aromatic rings. The van der Waals surface area contributed by atoms with Crippen LogP contribution in [0.1, 0.15) is 11.1 Å². The maximum Gasteiger partial charge on any atom is 0.277 e. The fourth-order valence-electron chi connectivity index (χ4n) is 1.92. The number of carbonyl (C=O) groups is 1. The van der Waals surface area contributed by atoms with Crippen molar-refractivity contribution in [1.29, 1.82) is 0 Å². The van der Waals surface area contributed by atoms with E-state index in [9.17, 15) is 4.79 Å². The average Bonchev–Trinajstić information content (AvgIpc) is 2.56. The van der Waals surface area contributed by atoms with Crippen molar-refractivity contribution in [3.8, 4) is 5.75 Å². The molecular weight excluding hydrogens is 347 g/mol. The minimum atomic E-state index is -0.371. The van der Waals surface area contributed by atoms with Gasteiger partial charge in [-0.1, -0.05) is 53.5 Å². The number of nitrogens with one attached hydrogen (secondary N) is 1. The third-order valence-corrected chi connectivity index (χ3v) is 3.61. The Morgan fingerprint density at radius 2 is 2.04 bits per heavy atom. The predicted octanol–water partition coefficient (Wildman–Crippen LogP) is 4.25. The molecule has 0 fully saturated rings. The smallest absolute Gasteiger partial charge is 0.277 e. The van der Waals surface area contributed by atoms with Crippen LogP contribution in [0.15, 0.2) is 60.2 Å². The van der Waals surface area contributed by atoms with Crippen molar-refractivity contribution in [1.82, 2.24) is 5.43 Å². The lowest BCUT2D eigenvalue weighted by Crippen LogP contribution is -2.24. The molecule has 124 valence electrons. The second-order valence-corrected chi connectivity index (χ2v) is 5.69. The molecule has 0 saturated carbocycles. The Hall–Kier alpha value is -2.30. The van der Waals surface area contributed by atoms with Crippen LogP contribution in [0.2, 0.25) is 10.0 Å². The summed E-state index contributed by atoms with van der Waals surface area (Å²) in [6.45, 7) is 3.56. The highest BCUT2D eigenvalue weighted by molar-refractivity contribution is 6.36. The van der Waals surface area contributed by atoms with E-state index in [0.29, 0.717) is 27.8 Å². The third kappa shape index (κ3) is 5.41. The van der Waals surface area contributed by atoms with Gasteiger partial charge in [0.25, 0.3) is 5.91 Å². The summed E-state index contributed by atoms with van der Waals surface area (Å²) in [5.41, 5.74) is 4.01. The lowest BCUT2D eigenvalue weighted by atomic mass is 10.1. The molecule has 24 heavy (non-hydrogen) atoms. The Kier molecular flexibility index (Phi) is 6.85. The zero-order valence-electron chi connectivity index (χ0n) is 12.8. The number of benzene rings is 2. The highest BCUT2D eigenvalue weighted by atomic mass is 35.5. The van der Waals surface area contributed by atoms with Crippen molar-refractivity contribution < 1.29 is 9.53 Å². The average molecular weight is 363 g/mol. The minimum absolute atomic E-state index is 0.139. The first-order chi connectivity index (χ1) is 11.6. The van der Waals surface area contributed by atoms with Crippen molar-refractivity contribution in [2.24, 2.45) is 5.10 Å². The molecule has 0 saturated heterocycles. The van der Waals surface area contributed by atoms with Gasteiger partial charge in [-0.3, -0.25) is 4.79 Å². The molecule has 0 aliphatic heterocycles. The maximum atomic E-state index is 11.8. The lowest BCUT2D eigenvalue weighted by molar-refractivity contribution is -0.123. The van der Waals surface area contributed by atoms with E-state index >= 15 is 0 Å². The Balaban J connectivity index is 1.87. The fraction of sp³-hybridized carbons (Fsp3) is 0.111. The first-order valence-corrected chi connectivity index (χ1v) is 7.94. The molecule has 4 nitrogen and oxygen atoms in total. The largest absolute Gasteiger partial charge is 0.483 e. The fourth-order valence-corrected chi connectivity index (χ4v) is 2.38. The number of rotatable bonds is 7. The molecule has 0 bridgehead atoms. The van der Waals surface area contributed by atoms with Crippen molar-refractivity contribution in [3.63, 3.8) is 0 Å². The molecule has 0 atom stereocenters. The Morgan fingerprint density at radius 1 is 1.25 bits per heavy atom. The van der Waals surface area contributed by atoms with Crippen LogP contribution in [0.25, 0.3) is 0 Å². The molecule has 0 aromatic heterocycles. The van der Waals surface area contributed by atoms with E-state index in [1.807, 2.05) is 24.3 Å². The van der Waals surface area contributed by atoms with Crippen LogP contribution in [-0.2, 0) is 11.2 Å².